The number of hydrogen-bond donors (Lipinski definition) is 1. The minimum atomic E-state index is 0.555. The van der Waals surface area contributed by atoms with Crippen molar-refractivity contribution in [3.63, 3.8) is 0 Å². The Labute approximate surface area is 121 Å². The van der Waals surface area contributed by atoms with Crippen LogP contribution in [0.1, 0.15) is 11.3 Å². The first-order valence-corrected chi connectivity index (χ1v) is 7.09. The minimum absolute atomic E-state index is 0.555. The number of hydrogen-bond acceptors (Lipinski definition) is 1. The molecule has 0 aliphatic carbocycles. The van der Waals surface area contributed by atoms with Crippen molar-refractivity contribution in [3.8, 4) is 0 Å². The van der Waals surface area contributed by atoms with Crippen LogP contribution in [0.2, 0.25) is 0 Å². The second kappa shape index (κ2) is 5.19. The van der Waals surface area contributed by atoms with Crippen LogP contribution >= 0.6 is 15.9 Å². The van der Waals surface area contributed by atoms with Gasteiger partial charge >= 0.3 is 0 Å². The Hall–Kier alpha value is -1.58. The van der Waals surface area contributed by atoms with E-state index in [-0.39, 0.29) is 0 Å². The predicted molar refractivity (Wildman–Crippen MR) is 83.1 cm³/mol. The molecule has 96 valence electrons. The van der Waals surface area contributed by atoms with Crippen LogP contribution in [0.15, 0.2) is 59.1 Å². The second-order valence-electron chi connectivity index (χ2n) is 4.58. The third-order valence-electron chi connectivity index (χ3n) is 3.39. The monoisotopic (exact) mass is 314 g/mol. The molecule has 2 N–H and O–H groups in total. The van der Waals surface area contributed by atoms with Crippen molar-refractivity contribution >= 4 is 26.8 Å². The zero-order valence-electron chi connectivity index (χ0n) is 10.5. The molecule has 0 saturated carbocycles. The van der Waals surface area contributed by atoms with Crippen LogP contribution in [0.4, 0.5) is 0 Å². The Kier molecular flexibility index (Phi) is 3.40. The van der Waals surface area contributed by atoms with E-state index < -0.39 is 0 Å². The van der Waals surface area contributed by atoms with Crippen molar-refractivity contribution in [2.24, 2.45) is 5.73 Å². The van der Waals surface area contributed by atoms with E-state index in [2.05, 4.69) is 69.0 Å². The van der Waals surface area contributed by atoms with Crippen molar-refractivity contribution in [1.82, 2.24) is 4.57 Å². The summed E-state index contributed by atoms with van der Waals surface area (Å²) in [4.78, 5) is 0. The van der Waals surface area contributed by atoms with E-state index in [1.54, 1.807) is 0 Å². The number of aromatic nitrogens is 1. The number of fused-ring (bicyclic) bond motifs is 1. The maximum absolute atomic E-state index is 5.87. The summed E-state index contributed by atoms with van der Waals surface area (Å²) in [6, 6.07) is 18.9. The highest BCUT2D eigenvalue weighted by atomic mass is 79.9. The fourth-order valence-electron chi connectivity index (χ4n) is 2.42. The molecule has 0 radical (unpaired) electrons. The molecule has 0 spiro atoms. The SMILES string of the molecule is NCc1cc2ccccc2n1Cc1ccccc1Br. The maximum Gasteiger partial charge on any atom is 0.0490 e. The number of nitrogens with two attached hydrogens (primary N) is 1. The summed E-state index contributed by atoms with van der Waals surface area (Å²) in [5.41, 5.74) is 9.53. The van der Waals surface area contributed by atoms with Gasteiger partial charge in [-0.05, 0) is 29.1 Å². The smallest absolute Gasteiger partial charge is 0.0490 e. The Bertz CT molecular complexity index is 716. The highest BCUT2D eigenvalue weighted by Gasteiger charge is 2.08. The van der Waals surface area contributed by atoms with E-state index >= 15 is 0 Å². The first-order valence-electron chi connectivity index (χ1n) is 6.30. The highest BCUT2D eigenvalue weighted by molar-refractivity contribution is 9.10. The molecule has 1 heterocycles. The van der Waals surface area contributed by atoms with Crippen LogP contribution in [0.25, 0.3) is 10.9 Å². The summed E-state index contributed by atoms with van der Waals surface area (Å²) in [5, 5.41) is 1.25. The summed E-state index contributed by atoms with van der Waals surface area (Å²) in [6.07, 6.45) is 0. The molecule has 0 fully saturated rings. The van der Waals surface area contributed by atoms with Gasteiger partial charge in [0.2, 0.25) is 0 Å². The molecule has 1 aromatic heterocycles. The highest BCUT2D eigenvalue weighted by Crippen LogP contribution is 2.23. The van der Waals surface area contributed by atoms with E-state index in [0.29, 0.717) is 6.54 Å². The fourth-order valence-corrected chi connectivity index (χ4v) is 2.83. The van der Waals surface area contributed by atoms with Crippen LogP contribution in [-0.2, 0) is 13.1 Å². The van der Waals surface area contributed by atoms with Gasteiger partial charge in [0, 0.05) is 28.8 Å². The molecule has 2 nitrogen and oxygen atoms in total. The topological polar surface area (TPSA) is 30.9 Å². The molecular formula is C16H15BrN2. The van der Waals surface area contributed by atoms with Gasteiger partial charge in [0.15, 0.2) is 0 Å². The third-order valence-corrected chi connectivity index (χ3v) is 4.17. The lowest BCUT2D eigenvalue weighted by Crippen LogP contribution is -2.08. The van der Waals surface area contributed by atoms with Gasteiger partial charge in [-0.1, -0.05) is 52.3 Å². The fraction of sp³-hybridized carbons (Fsp3) is 0.125. The number of para-hydroxylation sites is 1. The second-order valence-corrected chi connectivity index (χ2v) is 5.43. The van der Waals surface area contributed by atoms with Gasteiger partial charge in [0.25, 0.3) is 0 Å². The standard InChI is InChI=1S/C16H15BrN2/c17-15-7-3-1-6-13(15)11-19-14(10-18)9-12-5-2-4-8-16(12)19/h1-9H,10-11,18H2. The quantitative estimate of drug-likeness (QED) is 0.780. The first kappa shape index (κ1) is 12.5. The molecule has 2 aromatic carbocycles. The van der Waals surface area contributed by atoms with Gasteiger partial charge in [0.05, 0.1) is 0 Å². The normalized spacial score (nSPS) is 11.1. The van der Waals surface area contributed by atoms with Crippen LogP contribution in [-0.4, -0.2) is 4.57 Å². The van der Waals surface area contributed by atoms with Crippen LogP contribution in [0.5, 0.6) is 0 Å². The van der Waals surface area contributed by atoms with Gasteiger partial charge < -0.3 is 10.3 Å². The van der Waals surface area contributed by atoms with Crippen LogP contribution in [0.3, 0.4) is 0 Å². The van der Waals surface area contributed by atoms with Gasteiger partial charge in [-0.25, -0.2) is 0 Å². The predicted octanol–water partition coefficient (Wildman–Crippen LogP) is 3.91. The Morgan fingerprint density at radius 3 is 2.53 bits per heavy atom. The van der Waals surface area contributed by atoms with Crippen LogP contribution in [0, 0.1) is 0 Å². The summed E-state index contributed by atoms with van der Waals surface area (Å²) in [5.74, 6) is 0. The average molecular weight is 315 g/mol. The Morgan fingerprint density at radius 2 is 1.74 bits per heavy atom. The number of benzene rings is 2. The Morgan fingerprint density at radius 1 is 1.00 bits per heavy atom. The Balaban J connectivity index is 2.12. The molecule has 3 aromatic rings. The molecule has 3 heteroatoms. The molecule has 0 aliphatic rings. The van der Waals surface area contributed by atoms with Gasteiger partial charge in [-0.3, -0.25) is 0 Å². The largest absolute Gasteiger partial charge is 0.339 e. The molecule has 0 amide bonds. The van der Waals surface area contributed by atoms with Crippen LogP contribution < -0.4 is 5.73 Å². The number of rotatable bonds is 3. The lowest BCUT2D eigenvalue weighted by molar-refractivity contribution is 0.766. The number of nitrogens with zero attached hydrogens (tertiary/aromatic N) is 1. The van der Waals surface area contributed by atoms with Crippen molar-refractivity contribution in [2.75, 3.05) is 0 Å². The van der Waals surface area contributed by atoms with E-state index in [9.17, 15) is 0 Å². The molecule has 0 aliphatic heterocycles. The first-order chi connectivity index (χ1) is 9.29. The van der Waals surface area contributed by atoms with E-state index in [4.69, 9.17) is 5.73 Å². The molecule has 19 heavy (non-hydrogen) atoms. The van der Waals surface area contributed by atoms with Crippen molar-refractivity contribution in [3.05, 3.63) is 70.3 Å². The van der Waals surface area contributed by atoms with Crippen molar-refractivity contribution < 1.29 is 0 Å². The summed E-state index contributed by atoms with van der Waals surface area (Å²) in [7, 11) is 0. The van der Waals surface area contributed by atoms with Crippen molar-refractivity contribution in [1.29, 1.82) is 0 Å². The minimum Gasteiger partial charge on any atom is -0.339 e. The average Bonchev–Trinajstić information content (AvgIpc) is 2.79. The van der Waals surface area contributed by atoms with E-state index in [0.717, 1.165) is 16.7 Å². The summed E-state index contributed by atoms with van der Waals surface area (Å²) >= 11 is 3.61. The molecule has 0 bridgehead atoms. The zero-order chi connectivity index (χ0) is 13.2. The van der Waals surface area contributed by atoms with Gasteiger partial charge in [-0.15, -0.1) is 0 Å². The van der Waals surface area contributed by atoms with Gasteiger partial charge in [0.1, 0.15) is 0 Å². The van der Waals surface area contributed by atoms with E-state index in [1.807, 2.05) is 6.07 Å². The molecule has 0 unspecified atom stereocenters. The zero-order valence-corrected chi connectivity index (χ0v) is 12.1. The molecule has 3 rings (SSSR count). The summed E-state index contributed by atoms with van der Waals surface area (Å²) < 4.78 is 3.42. The van der Waals surface area contributed by atoms with E-state index in [1.165, 1.54) is 16.5 Å². The number of halogens is 1. The maximum atomic E-state index is 5.87. The lowest BCUT2D eigenvalue weighted by atomic mass is 10.2. The molecule has 0 atom stereocenters. The lowest BCUT2D eigenvalue weighted by Gasteiger charge is -2.11. The summed E-state index contributed by atoms with van der Waals surface area (Å²) in [6.45, 7) is 1.39. The molecular weight excluding hydrogens is 300 g/mol. The van der Waals surface area contributed by atoms with Gasteiger partial charge in [-0.2, -0.15) is 0 Å². The third kappa shape index (κ3) is 2.31. The van der Waals surface area contributed by atoms with Crippen molar-refractivity contribution in [2.45, 2.75) is 13.1 Å². The molecule has 0 saturated heterocycles.